The van der Waals surface area contributed by atoms with Crippen molar-refractivity contribution < 1.29 is 18.7 Å². The molecule has 0 saturated heterocycles. The second kappa shape index (κ2) is 10.3. The molecule has 7 nitrogen and oxygen atoms in total. The summed E-state index contributed by atoms with van der Waals surface area (Å²) in [6, 6.07) is 20.0. The third-order valence-corrected chi connectivity index (χ3v) is 5.77. The average Bonchev–Trinajstić information content (AvgIpc) is 3.56. The number of imidazole rings is 1. The molecule has 3 aromatic carbocycles. The first-order valence-corrected chi connectivity index (χ1v) is 11.6. The van der Waals surface area contributed by atoms with Crippen LogP contribution in [0.5, 0.6) is 5.75 Å². The Bertz CT molecular complexity index is 1600. The summed E-state index contributed by atoms with van der Waals surface area (Å²) in [4.78, 5) is 28.0. The molecule has 8 heteroatoms. The van der Waals surface area contributed by atoms with Gasteiger partial charge in [-0.3, -0.25) is 9.59 Å². The molecular formula is C29H23FN4O3. The van der Waals surface area contributed by atoms with Gasteiger partial charge in [0, 0.05) is 49.2 Å². The van der Waals surface area contributed by atoms with Gasteiger partial charge in [0.15, 0.2) is 11.6 Å². The van der Waals surface area contributed by atoms with Crippen LogP contribution in [-0.2, 0) is 16.1 Å². The van der Waals surface area contributed by atoms with Crippen LogP contribution in [0, 0.1) is 5.82 Å². The van der Waals surface area contributed by atoms with Crippen molar-refractivity contribution in [2.24, 2.45) is 0 Å². The van der Waals surface area contributed by atoms with E-state index in [2.05, 4.69) is 27.0 Å². The van der Waals surface area contributed by atoms with E-state index in [9.17, 15) is 14.0 Å². The highest BCUT2D eigenvalue weighted by molar-refractivity contribution is 6.06. The van der Waals surface area contributed by atoms with Crippen molar-refractivity contribution in [3.8, 4) is 11.4 Å². The van der Waals surface area contributed by atoms with Crippen LogP contribution < -0.4 is 10.1 Å². The van der Waals surface area contributed by atoms with Crippen molar-refractivity contribution in [1.29, 1.82) is 0 Å². The maximum Gasteiger partial charge on any atom is 0.308 e. The van der Waals surface area contributed by atoms with Gasteiger partial charge in [0.25, 0.3) is 0 Å². The van der Waals surface area contributed by atoms with E-state index in [0.717, 1.165) is 22.2 Å². The maximum absolute atomic E-state index is 13.8. The van der Waals surface area contributed by atoms with Gasteiger partial charge < -0.3 is 19.2 Å². The summed E-state index contributed by atoms with van der Waals surface area (Å²) in [7, 11) is 0. The first kappa shape index (κ1) is 23.7. The lowest BCUT2D eigenvalue weighted by Gasteiger charge is -2.11. The molecule has 0 spiro atoms. The van der Waals surface area contributed by atoms with Gasteiger partial charge in [0.2, 0.25) is 5.91 Å². The van der Waals surface area contributed by atoms with E-state index in [4.69, 9.17) is 4.74 Å². The minimum absolute atomic E-state index is 0.185. The Balaban J connectivity index is 1.33. The lowest BCUT2D eigenvalue weighted by molar-refractivity contribution is -0.132. The number of hydrogen-bond acceptors (Lipinski definition) is 4. The van der Waals surface area contributed by atoms with Crippen LogP contribution in [0.3, 0.4) is 0 Å². The normalized spacial score (nSPS) is 11.2. The SMILES string of the molecule is CC(=O)Oc1cc(/C=C/C(=O)Nc2cccc3ccn(Cc4ccc(-n5ccnc5)cc4)c23)ccc1F. The number of hydrogen-bond donors (Lipinski definition) is 1. The summed E-state index contributed by atoms with van der Waals surface area (Å²) in [6.45, 7) is 1.83. The lowest BCUT2D eigenvalue weighted by Crippen LogP contribution is -2.10. The number of rotatable bonds is 7. The number of nitrogens with one attached hydrogen (secondary N) is 1. The zero-order chi connectivity index (χ0) is 25.8. The van der Waals surface area contributed by atoms with Crippen molar-refractivity contribution in [1.82, 2.24) is 14.1 Å². The summed E-state index contributed by atoms with van der Waals surface area (Å²) < 4.78 is 22.7. The van der Waals surface area contributed by atoms with Crippen molar-refractivity contribution in [2.75, 3.05) is 5.32 Å². The maximum atomic E-state index is 13.8. The second-order valence-electron chi connectivity index (χ2n) is 8.43. The molecular weight excluding hydrogens is 471 g/mol. The molecule has 2 aromatic heterocycles. The molecule has 0 aliphatic carbocycles. The van der Waals surface area contributed by atoms with Crippen molar-refractivity contribution in [3.63, 3.8) is 0 Å². The molecule has 0 saturated carbocycles. The molecule has 0 unspecified atom stereocenters. The average molecular weight is 495 g/mol. The van der Waals surface area contributed by atoms with Crippen LogP contribution in [-0.4, -0.2) is 26.0 Å². The van der Waals surface area contributed by atoms with Gasteiger partial charge in [-0.25, -0.2) is 9.37 Å². The minimum atomic E-state index is -0.652. The fourth-order valence-corrected chi connectivity index (χ4v) is 4.08. The Morgan fingerprint density at radius 1 is 1.05 bits per heavy atom. The standard InChI is InChI=1S/C29H23FN4O3/c1-20(35)37-27-17-21(7-11-25(27)30)8-12-28(36)32-26-4-2-3-23-13-15-33(29(23)26)18-22-5-9-24(10-6-22)34-16-14-31-19-34/h2-17,19H,18H2,1H3,(H,32,36)/b12-8+. The number of amides is 1. The topological polar surface area (TPSA) is 78.2 Å². The number of anilines is 1. The minimum Gasteiger partial charge on any atom is -0.424 e. The van der Waals surface area contributed by atoms with E-state index >= 15 is 0 Å². The number of esters is 1. The quantitative estimate of drug-likeness (QED) is 0.182. The molecule has 0 fully saturated rings. The highest BCUT2D eigenvalue weighted by Crippen LogP contribution is 2.26. The van der Waals surface area contributed by atoms with Gasteiger partial charge in [-0.1, -0.05) is 30.3 Å². The van der Waals surface area contributed by atoms with Crippen molar-refractivity contribution in [3.05, 3.63) is 115 Å². The van der Waals surface area contributed by atoms with Gasteiger partial charge in [-0.05, 0) is 53.6 Å². The molecule has 0 aliphatic rings. The first-order valence-electron chi connectivity index (χ1n) is 11.6. The Labute approximate surface area is 212 Å². The molecule has 37 heavy (non-hydrogen) atoms. The number of carbonyl (C=O) groups excluding carboxylic acids is 2. The van der Waals surface area contributed by atoms with Gasteiger partial charge in [-0.2, -0.15) is 0 Å². The first-order chi connectivity index (χ1) is 18.0. The zero-order valence-electron chi connectivity index (χ0n) is 20.0. The van der Waals surface area contributed by atoms with Crippen LogP contribution in [0.4, 0.5) is 10.1 Å². The number of aromatic nitrogens is 3. The fraction of sp³-hybridized carbons (Fsp3) is 0.0690. The Morgan fingerprint density at radius 3 is 2.65 bits per heavy atom. The molecule has 5 rings (SSSR count). The molecule has 1 N–H and O–H groups in total. The number of nitrogens with zero attached hydrogens (tertiary/aromatic N) is 3. The largest absolute Gasteiger partial charge is 0.424 e. The fourth-order valence-electron chi connectivity index (χ4n) is 4.08. The van der Waals surface area contributed by atoms with Gasteiger partial charge in [-0.15, -0.1) is 0 Å². The van der Waals surface area contributed by atoms with Crippen LogP contribution in [0.25, 0.3) is 22.7 Å². The lowest BCUT2D eigenvalue weighted by atomic mass is 10.2. The van der Waals surface area contributed by atoms with Crippen LogP contribution in [0.15, 0.2) is 97.7 Å². The smallest absolute Gasteiger partial charge is 0.308 e. The monoisotopic (exact) mass is 494 g/mol. The number of para-hydroxylation sites is 1. The third kappa shape index (κ3) is 5.48. The summed E-state index contributed by atoms with van der Waals surface area (Å²) in [5.41, 5.74) is 4.24. The van der Waals surface area contributed by atoms with Gasteiger partial charge in [0.1, 0.15) is 0 Å². The molecule has 1 amide bonds. The van der Waals surface area contributed by atoms with Crippen LogP contribution in [0.1, 0.15) is 18.1 Å². The van der Waals surface area contributed by atoms with E-state index in [1.54, 1.807) is 12.5 Å². The number of fused-ring (bicyclic) bond motifs is 1. The van der Waals surface area contributed by atoms with Crippen LogP contribution >= 0.6 is 0 Å². The zero-order valence-corrected chi connectivity index (χ0v) is 20.0. The van der Waals surface area contributed by atoms with E-state index in [0.29, 0.717) is 17.8 Å². The molecule has 0 atom stereocenters. The molecule has 0 bridgehead atoms. The Kier molecular flexibility index (Phi) is 6.63. The molecule has 0 aliphatic heterocycles. The predicted octanol–water partition coefficient (Wildman–Crippen LogP) is 5.59. The highest BCUT2D eigenvalue weighted by atomic mass is 19.1. The number of carbonyl (C=O) groups is 2. The summed E-state index contributed by atoms with van der Waals surface area (Å²) in [5, 5.41) is 3.94. The van der Waals surface area contributed by atoms with E-state index in [1.807, 2.05) is 53.4 Å². The van der Waals surface area contributed by atoms with E-state index < -0.39 is 11.8 Å². The number of benzene rings is 3. The Hall–Kier alpha value is -4.98. The van der Waals surface area contributed by atoms with Gasteiger partial charge >= 0.3 is 5.97 Å². The molecule has 0 radical (unpaired) electrons. The second-order valence-corrected chi connectivity index (χ2v) is 8.43. The summed E-state index contributed by atoms with van der Waals surface area (Å²) >= 11 is 0. The van der Waals surface area contributed by atoms with Crippen molar-refractivity contribution in [2.45, 2.75) is 13.5 Å². The van der Waals surface area contributed by atoms with Crippen LogP contribution in [0.2, 0.25) is 0 Å². The summed E-state index contributed by atoms with van der Waals surface area (Å²) in [5.74, 6) is -1.80. The van der Waals surface area contributed by atoms with E-state index in [1.165, 1.54) is 37.3 Å². The number of halogens is 1. The third-order valence-electron chi connectivity index (χ3n) is 5.77. The van der Waals surface area contributed by atoms with Gasteiger partial charge in [0.05, 0.1) is 17.5 Å². The van der Waals surface area contributed by atoms with Crippen molar-refractivity contribution >= 4 is 34.5 Å². The molecule has 184 valence electrons. The highest BCUT2D eigenvalue weighted by Gasteiger charge is 2.10. The number of ether oxygens (including phenoxy) is 1. The predicted molar refractivity (Wildman–Crippen MR) is 140 cm³/mol. The summed E-state index contributed by atoms with van der Waals surface area (Å²) in [6.07, 6.45) is 10.3. The Morgan fingerprint density at radius 2 is 1.89 bits per heavy atom. The molecule has 2 heterocycles. The van der Waals surface area contributed by atoms with E-state index in [-0.39, 0.29) is 11.7 Å². The molecule has 5 aromatic rings.